The number of hydrogen-bond donors (Lipinski definition) is 3. The third-order valence-electron chi connectivity index (χ3n) is 2.12. The van der Waals surface area contributed by atoms with Gasteiger partial charge in [-0.25, -0.2) is 26.3 Å². The molecule has 0 aliphatic rings. The second kappa shape index (κ2) is 6.28. The predicted octanol–water partition coefficient (Wildman–Crippen LogP) is -1.12. The Labute approximate surface area is 112 Å². The zero-order chi connectivity index (χ0) is 14.5. The molecular formula is C9H16N4O4S2. The molecule has 0 bridgehead atoms. The maximum Gasteiger partial charge on any atom is 0.244 e. The minimum Gasteiger partial charge on any atom is -0.398 e. The third-order valence-corrected chi connectivity index (χ3v) is 4.35. The van der Waals surface area contributed by atoms with Crippen molar-refractivity contribution < 1.29 is 16.8 Å². The number of nitrogens with two attached hydrogens (primary N) is 1. The molecule has 0 saturated carbocycles. The van der Waals surface area contributed by atoms with Crippen molar-refractivity contribution in [3.05, 3.63) is 18.5 Å². The molecule has 10 heteroatoms. The summed E-state index contributed by atoms with van der Waals surface area (Å²) in [5.74, 6) is 0. The van der Waals surface area contributed by atoms with Crippen LogP contribution in [0.5, 0.6) is 0 Å². The number of nitrogen functional groups attached to an aromatic ring is 1. The van der Waals surface area contributed by atoms with Crippen molar-refractivity contribution in [3.63, 3.8) is 0 Å². The summed E-state index contributed by atoms with van der Waals surface area (Å²) in [6.07, 6.45) is 3.91. The lowest BCUT2D eigenvalue weighted by Crippen LogP contribution is -2.29. The normalized spacial score (nSPS) is 12.5. The van der Waals surface area contributed by atoms with Crippen LogP contribution >= 0.6 is 0 Å². The van der Waals surface area contributed by atoms with Gasteiger partial charge in [0, 0.05) is 25.5 Å². The highest BCUT2D eigenvalue weighted by atomic mass is 32.2. The van der Waals surface area contributed by atoms with Gasteiger partial charge in [0.15, 0.2) is 0 Å². The van der Waals surface area contributed by atoms with Crippen LogP contribution in [0.2, 0.25) is 0 Å². The summed E-state index contributed by atoms with van der Waals surface area (Å²) in [5.41, 5.74) is 5.65. The van der Waals surface area contributed by atoms with Gasteiger partial charge in [-0.3, -0.25) is 4.98 Å². The Bertz CT molecular complexity index is 627. The molecule has 1 aromatic rings. The van der Waals surface area contributed by atoms with Crippen LogP contribution in [0.1, 0.15) is 6.42 Å². The fourth-order valence-corrected chi connectivity index (χ4v) is 2.91. The fraction of sp³-hybridized carbons (Fsp3) is 0.444. The first kappa shape index (κ1) is 15.8. The van der Waals surface area contributed by atoms with Gasteiger partial charge in [-0.15, -0.1) is 0 Å². The van der Waals surface area contributed by atoms with Crippen molar-refractivity contribution in [2.75, 3.05) is 25.1 Å². The molecule has 4 N–H and O–H groups in total. The minimum absolute atomic E-state index is 0.0916. The van der Waals surface area contributed by atoms with Crippen molar-refractivity contribution in [1.29, 1.82) is 0 Å². The second-order valence-corrected chi connectivity index (χ2v) is 7.40. The molecule has 108 valence electrons. The summed E-state index contributed by atoms with van der Waals surface area (Å²) in [7, 11) is -6.98. The van der Waals surface area contributed by atoms with Crippen molar-refractivity contribution in [2.24, 2.45) is 0 Å². The first-order valence-corrected chi connectivity index (χ1v) is 8.73. The molecular weight excluding hydrogens is 292 g/mol. The van der Waals surface area contributed by atoms with Gasteiger partial charge < -0.3 is 5.73 Å². The van der Waals surface area contributed by atoms with Crippen LogP contribution in [0, 0.1) is 0 Å². The molecule has 0 unspecified atom stereocenters. The molecule has 1 aromatic heterocycles. The van der Waals surface area contributed by atoms with Gasteiger partial charge in [0.05, 0.1) is 11.9 Å². The Balaban J connectivity index is 2.51. The number of anilines is 1. The lowest BCUT2D eigenvalue weighted by Gasteiger charge is -2.08. The van der Waals surface area contributed by atoms with Crippen molar-refractivity contribution >= 4 is 25.7 Å². The van der Waals surface area contributed by atoms with E-state index in [9.17, 15) is 16.8 Å². The Morgan fingerprint density at radius 2 is 1.84 bits per heavy atom. The Hall–Kier alpha value is -1.23. The van der Waals surface area contributed by atoms with E-state index in [0.29, 0.717) is 6.42 Å². The molecule has 19 heavy (non-hydrogen) atoms. The van der Waals surface area contributed by atoms with E-state index in [4.69, 9.17) is 5.73 Å². The van der Waals surface area contributed by atoms with Crippen LogP contribution in [0.15, 0.2) is 23.4 Å². The summed E-state index contributed by atoms with van der Waals surface area (Å²) in [6, 6.07) is 1.39. The number of sulfonamides is 2. The topological polar surface area (TPSA) is 131 Å². The number of aromatic nitrogens is 1. The standard InChI is InChI=1S/C9H16N4O4S2/c1-18(14,15)12-4-2-5-13-19(16,17)9-7-11-6-3-8(9)10/h3,6-7,12-13H,2,4-5H2,1H3,(H2,10,11). The molecule has 0 saturated heterocycles. The quantitative estimate of drug-likeness (QED) is 0.547. The molecule has 1 heterocycles. The average molecular weight is 308 g/mol. The highest BCUT2D eigenvalue weighted by Crippen LogP contribution is 2.14. The van der Waals surface area contributed by atoms with Crippen LogP contribution in [0.25, 0.3) is 0 Å². The van der Waals surface area contributed by atoms with Crippen molar-refractivity contribution in [3.8, 4) is 0 Å². The van der Waals surface area contributed by atoms with E-state index >= 15 is 0 Å². The highest BCUT2D eigenvalue weighted by molar-refractivity contribution is 7.89. The number of pyridine rings is 1. The second-order valence-electron chi connectivity index (χ2n) is 3.83. The Morgan fingerprint density at radius 1 is 1.21 bits per heavy atom. The van der Waals surface area contributed by atoms with Gasteiger partial charge in [-0.05, 0) is 12.5 Å². The van der Waals surface area contributed by atoms with E-state index in [0.717, 1.165) is 12.5 Å². The lowest BCUT2D eigenvalue weighted by atomic mass is 10.4. The van der Waals surface area contributed by atoms with Crippen LogP contribution in [0.3, 0.4) is 0 Å². The summed E-state index contributed by atoms with van der Waals surface area (Å²) >= 11 is 0. The molecule has 8 nitrogen and oxygen atoms in total. The number of rotatable bonds is 7. The minimum atomic E-state index is -3.72. The molecule has 0 atom stereocenters. The van der Waals surface area contributed by atoms with E-state index < -0.39 is 20.0 Å². The van der Waals surface area contributed by atoms with Gasteiger partial charge >= 0.3 is 0 Å². The Kier molecular flexibility index (Phi) is 5.23. The van der Waals surface area contributed by atoms with Gasteiger partial charge in [0.2, 0.25) is 20.0 Å². The molecule has 0 aromatic carbocycles. The molecule has 0 aliphatic heterocycles. The summed E-state index contributed by atoms with van der Waals surface area (Å²) in [6.45, 7) is 0.253. The summed E-state index contributed by atoms with van der Waals surface area (Å²) < 4.78 is 49.8. The first-order valence-electron chi connectivity index (χ1n) is 5.36. The smallest absolute Gasteiger partial charge is 0.244 e. The predicted molar refractivity (Wildman–Crippen MR) is 71.3 cm³/mol. The molecule has 1 rings (SSSR count). The highest BCUT2D eigenvalue weighted by Gasteiger charge is 2.16. The maximum atomic E-state index is 11.8. The SMILES string of the molecule is CS(=O)(=O)NCCCNS(=O)(=O)c1cnccc1N. The van der Waals surface area contributed by atoms with E-state index in [1.54, 1.807) is 0 Å². The summed E-state index contributed by atoms with van der Waals surface area (Å²) in [5, 5.41) is 0. The van der Waals surface area contributed by atoms with Gasteiger partial charge in [-0.1, -0.05) is 0 Å². The van der Waals surface area contributed by atoms with Gasteiger partial charge in [-0.2, -0.15) is 0 Å². The number of hydrogen-bond acceptors (Lipinski definition) is 6. The fourth-order valence-electron chi connectivity index (χ4n) is 1.25. The van der Waals surface area contributed by atoms with E-state index in [1.165, 1.54) is 12.3 Å². The molecule has 0 fully saturated rings. The maximum absolute atomic E-state index is 11.8. The largest absolute Gasteiger partial charge is 0.398 e. The monoisotopic (exact) mass is 308 g/mol. The number of nitrogens with one attached hydrogen (secondary N) is 2. The first-order chi connectivity index (χ1) is 8.72. The van der Waals surface area contributed by atoms with E-state index in [2.05, 4.69) is 14.4 Å². The van der Waals surface area contributed by atoms with Crippen LogP contribution in [0.4, 0.5) is 5.69 Å². The molecule has 0 spiro atoms. The zero-order valence-corrected chi connectivity index (χ0v) is 12.0. The van der Waals surface area contributed by atoms with E-state index in [1.807, 2.05) is 0 Å². The summed E-state index contributed by atoms with van der Waals surface area (Å²) in [4.78, 5) is 3.61. The van der Waals surface area contributed by atoms with E-state index in [-0.39, 0.29) is 23.7 Å². The number of nitrogens with zero attached hydrogens (tertiary/aromatic N) is 1. The Morgan fingerprint density at radius 3 is 2.42 bits per heavy atom. The van der Waals surface area contributed by atoms with Crippen LogP contribution in [-0.2, 0) is 20.0 Å². The molecule has 0 aliphatic carbocycles. The van der Waals surface area contributed by atoms with Crippen molar-refractivity contribution in [1.82, 2.24) is 14.4 Å². The van der Waals surface area contributed by atoms with Crippen LogP contribution < -0.4 is 15.2 Å². The van der Waals surface area contributed by atoms with Gasteiger partial charge in [0.1, 0.15) is 4.90 Å². The van der Waals surface area contributed by atoms with Crippen molar-refractivity contribution in [2.45, 2.75) is 11.3 Å². The third kappa shape index (κ3) is 5.51. The zero-order valence-electron chi connectivity index (χ0n) is 10.3. The van der Waals surface area contributed by atoms with Gasteiger partial charge in [0.25, 0.3) is 0 Å². The molecule has 0 amide bonds. The lowest BCUT2D eigenvalue weighted by molar-refractivity contribution is 0.575. The molecule has 0 radical (unpaired) electrons. The average Bonchev–Trinajstić information content (AvgIpc) is 2.27. The van der Waals surface area contributed by atoms with Crippen LogP contribution in [-0.4, -0.2) is 41.2 Å².